The quantitative estimate of drug-likeness (QED) is 0.779. The molecule has 118 valence electrons. The van der Waals surface area contributed by atoms with E-state index in [-0.39, 0.29) is 6.04 Å². The van der Waals surface area contributed by atoms with Gasteiger partial charge in [0, 0.05) is 17.8 Å². The van der Waals surface area contributed by atoms with E-state index in [1.54, 1.807) is 0 Å². The number of benzene rings is 1. The van der Waals surface area contributed by atoms with Gasteiger partial charge in [-0.25, -0.2) is 4.98 Å². The fraction of sp³-hybridized carbons (Fsp3) is 0.278. The first kappa shape index (κ1) is 14.2. The average molecular weight is 309 g/mol. The molecule has 1 aliphatic rings. The summed E-state index contributed by atoms with van der Waals surface area (Å²) in [4.78, 5) is 4.44. The molecule has 5 nitrogen and oxygen atoms in total. The van der Waals surface area contributed by atoms with Gasteiger partial charge < -0.3 is 19.6 Å². The molecule has 0 spiro atoms. The monoisotopic (exact) mass is 309 g/mol. The molecule has 0 aliphatic carbocycles. The predicted octanol–water partition coefficient (Wildman–Crippen LogP) is 2.23. The number of hydrogen-bond donors (Lipinski definition) is 2. The van der Waals surface area contributed by atoms with Crippen molar-refractivity contribution < 1.29 is 9.84 Å². The van der Waals surface area contributed by atoms with Crippen molar-refractivity contribution in [3.05, 3.63) is 65.6 Å². The van der Waals surface area contributed by atoms with Crippen LogP contribution in [0.4, 0.5) is 0 Å². The van der Waals surface area contributed by atoms with Crippen LogP contribution in [0.3, 0.4) is 0 Å². The number of aryl methyl sites for hydroxylation is 1. The van der Waals surface area contributed by atoms with Gasteiger partial charge in [-0.3, -0.25) is 0 Å². The summed E-state index contributed by atoms with van der Waals surface area (Å²) in [6.45, 7) is 3.00. The number of aliphatic hydroxyl groups excluding tert-OH is 1. The summed E-state index contributed by atoms with van der Waals surface area (Å²) >= 11 is 0. The predicted molar refractivity (Wildman–Crippen MR) is 87.5 cm³/mol. The Morgan fingerprint density at radius 3 is 3.04 bits per heavy atom. The minimum Gasteiger partial charge on any atom is -0.490 e. The minimum absolute atomic E-state index is 0.144. The number of aliphatic hydroxyl groups is 1. The maximum atomic E-state index is 10.3. The third-order valence-corrected chi connectivity index (χ3v) is 4.35. The third kappa shape index (κ3) is 2.48. The van der Waals surface area contributed by atoms with Crippen molar-refractivity contribution >= 4 is 5.65 Å². The summed E-state index contributed by atoms with van der Waals surface area (Å²) in [5.74, 6) is 0.838. The lowest BCUT2D eigenvalue weighted by Gasteiger charge is -2.31. The Hall–Kier alpha value is -2.37. The summed E-state index contributed by atoms with van der Waals surface area (Å²) in [5.41, 5.74) is 4.16. The lowest BCUT2D eigenvalue weighted by molar-refractivity contribution is 0.0543. The molecule has 4 rings (SSSR count). The number of para-hydroxylation sites is 1. The van der Waals surface area contributed by atoms with E-state index in [2.05, 4.69) is 27.7 Å². The largest absolute Gasteiger partial charge is 0.490 e. The van der Waals surface area contributed by atoms with Gasteiger partial charge in [-0.1, -0.05) is 24.3 Å². The van der Waals surface area contributed by atoms with Gasteiger partial charge in [-0.2, -0.15) is 0 Å². The van der Waals surface area contributed by atoms with Crippen LogP contribution in [0.1, 0.15) is 23.0 Å². The Labute approximate surface area is 134 Å². The standard InChI is InChI=1S/C18H19N3O2/c1-12-5-4-8-17-19-9-13(21(12)17)10-20-18-14-6-2-3-7-16(14)23-11-15(18)22/h2-9,15,18,20,22H,10-11H2,1H3/t15-,18+/m1/s1. The van der Waals surface area contributed by atoms with Crippen LogP contribution in [0.15, 0.2) is 48.7 Å². The van der Waals surface area contributed by atoms with Gasteiger partial charge in [0.15, 0.2) is 0 Å². The average Bonchev–Trinajstić information content (AvgIpc) is 2.98. The second-order valence-electron chi connectivity index (χ2n) is 5.89. The number of nitrogens with zero attached hydrogens (tertiary/aromatic N) is 2. The van der Waals surface area contributed by atoms with Crippen LogP contribution in [0.25, 0.3) is 5.65 Å². The highest BCUT2D eigenvalue weighted by Crippen LogP contribution is 2.32. The van der Waals surface area contributed by atoms with E-state index in [9.17, 15) is 5.11 Å². The van der Waals surface area contributed by atoms with E-state index in [0.717, 1.165) is 28.3 Å². The molecule has 5 heteroatoms. The van der Waals surface area contributed by atoms with Gasteiger partial charge in [0.25, 0.3) is 0 Å². The Kier molecular flexibility index (Phi) is 3.52. The molecule has 0 saturated heterocycles. The smallest absolute Gasteiger partial charge is 0.137 e. The molecule has 3 heterocycles. The Balaban J connectivity index is 1.61. The van der Waals surface area contributed by atoms with Crippen molar-refractivity contribution in [3.63, 3.8) is 0 Å². The van der Waals surface area contributed by atoms with Crippen LogP contribution in [-0.4, -0.2) is 27.2 Å². The topological polar surface area (TPSA) is 58.8 Å². The molecule has 1 aromatic carbocycles. The minimum atomic E-state index is -0.565. The number of aromatic nitrogens is 2. The molecular formula is C18H19N3O2. The summed E-state index contributed by atoms with van der Waals surface area (Å²) in [6, 6.07) is 13.8. The van der Waals surface area contributed by atoms with Gasteiger partial charge in [0.1, 0.15) is 24.1 Å². The molecule has 0 amide bonds. The highest BCUT2D eigenvalue weighted by molar-refractivity contribution is 5.42. The van der Waals surface area contributed by atoms with Crippen molar-refractivity contribution in [2.45, 2.75) is 25.6 Å². The fourth-order valence-electron chi connectivity index (χ4n) is 3.21. The molecule has 0 radical (unpaired) electrons. The number of rotatable bonds is 3. The molecule has 2 aromatic heterocycles. The van der Waals surface area contributed by atoms with Gasteiger partial charge in [-0.05, 0) is 25.1 Å². The van der Waals surface area contributed by atoms with Crippen LogP contribution in [0.2, 0.25) is 0 Å². The first-order valence-corrected chi connectivity index (χ1v) is 7.79. The number of ether oxygens (including phenoxy) is 1. The molecule has 0 fully saturated rings. The number of imidazole rings is 1. The zero-order chi connectivity index (χ0) is 15.8. The van der Waals surface area contributed by atoms with E-state index < -0.39 is 6.10 Å². The van der Waals surface area contributed by atoms with Crippen LogP contribution < -0.4 is 10.1 Å². The van der Waals surface area contributed by atoms with Crippen molar-refractivity contribution in [3.8, 4) is 5.75 Å². The summed E-state index contributed by atoms with van der Waals surface area (Å²) in [7, 11) is 0. The van der Waals surface area contributed by atoms with Crippen LogP contribution in [-0.2, 0) is 6.54 Å². The molecule has 2 atom stereocenters. The maximum Gasteiger partial charge on any atom is 0.137 e. The Bertz CT molecular complexity index is 843. The molecule has 0 unspecified atom stereocenters. The zero-order valence-corrected chi connectivity index (χ0v) is 12.9. The molecule has 0 saturated carbocycles. The molecule has 2 N–H and O–H groups in total. The van der Waals surface area contributed by atoms with Crippen LogP contribution in [0, 0.1) is 6.92 Å². The first-order valence-electron chi connectivity index (χ1n) is 7.79. The second kappa shape index (κ2) is 5.68. The molecule has 1 aliphatic heterocycles. The van der Waals surface area contributed by atoms with Gasteiger partial charge in [0.05, 0.1) is 17.9 Å². The van der Waals surface area contributed by atoms with Gasteiger partial charge >= 0.3 is 0 Å². The summed E-state index contributed by atoms with van der Waals surface area (Å²) in [5, 5.41) is 13.8. The third-order valence-electron chi connectivity index (χ3n) is 4.35. The fourth-order valence-corrected chi connectivity index (χ4v) is 3.21. The van der Waals surface area contributed by atoms with Gasteiger partial charge in [0.2, 0.25) is 0 Å². The lowest BCUT2D eigenvalue weighted by Crippen LogP contribution is -2.39. The van der Waals surface area contributed by atoms with E-state index in [0.29, 0.717) is 13.2 Å². The SMILES string of the molecule is Cc1cccc2ncc(CN[C@H]3c4ccccc4OC[C@H]3O)n12. The Morgan fingerprint density at radius 1 is 1.26 bits per heavy atom. The highest BCUT2D eigenvalue weighted by atomic mass is 16.5. The summed E-state index contributed by atoms with van der Waals surface area (Å²) < 4.78 is 7.71. The lowest BCUT2D eigenvalue weighted by atomic mass is 9.98. The number of nitrogens with one attached hydrogen (secondary N) is 1. The molecular weight excluding hydrogens is 290 g/mol. The molecule has 0 bridgehead atoms. The van der Waals surface area contributed by atoms with E-state index in [1.807, 2.05) is 42.6 Å². The van der Waals surface area contributed by atoms with E-state index in [4.69, 9.17) is 4.74 Å². The summed E-state index contributed by atoms with van der Waals surface area (Å²) in [6.07, 6.45) is 1.32. The normalized spacial score (nSPS) is 20.3. The number of hydrogen-bond acceptors (Lipinski definition) is 4. The van der Waals surface area contributed by atoms with Crippen molar-refractivity contribution in [2.24, 2.45) is 0 Å². The van der Waals surface area contributed by atoms with Crippen molar-refractivity contribution in [2.75, 3.05) is 6.61 Å². The second-order valence-corrected chi connectivity index (χ2v) is 5.89. The number of fused-ring (bicyclic) bond motifs is 2. The molecule has 3 aromatic rings. The van der Waals surface area contributed by atoms with E-state index >= 15 is 0 Å². The maximum absolute atomic E-state index is 10.3. The highest BCUT2D eigenvalue weighted by Gasteiger charge is 2.29. The van der Waals surface area contributed by atoms with Crippen LogP contribution >= 0.6 is 0 Å². The molecule has 23 heavy (non-hydrogen) atoms. The number of pyridine rings is 1. The van der Waals surface area contributed by atoms with Crippen molar-refractivity contribution in [1.29, 1.82) is 0 Å². The van der Waals surface area contributed by atoms with Crippen LogP contribution in [0.5, 0.6) is 5.75 Å². The first-order chi connectivity index (χ1) is 11.2. The van der Waals surface area contributed by atoms with Crippen molar-refractivity contribution in [1.82, 2.24) is 14.7 Å². The zero-order valence-electron chi connectivity index (χ0n) is 12.9. The Morgan fingerprint density at radius 2 is 2.13 bits per heavy atom. The van der Waals surface area contributed by atoms with E-state index in [1.165, 1.54) is 0 Å². The van der Waals surface area contributed by atoms with Gasteiger partial charge in [-0.15, -0.1) is 0 Å².